The number of benzene rings is 3. The van der Waals surface area contributed by atoms with Gasteiger partial charge in [-0.2, -0.15) is 0 Å². The Bertz CT molecular complexity index is 2570. The normalized spacial score (nSPS) is 18.9. The van der Waals surface area contributed by atoms with Gasteiger partial charge in [0.1, 0.15) is 29.1 Å². The summed E-state index contributed by atoms with van der Waals surface area (Å²) in [7, 11) is 6.01. The summed E-state index contributed by atoms with van der Waals surface area (Å²) in [5.74, 6) is -0.923. The fraction of sp³-hybridized carbons (Fsp3) is 0.412. The van der Waals surface area contributed by atoms with Crippen molar-refractivity contribution in [2.45, 2.75) is 89.3 Å². The van der Waals surface area contributed by atoms with Crippen molar-refractivity contribution in [2.75, 3.05) is 33.8 Å². The van der Waals surface area contributed by atoms with E-state index in [9.17, 15) is 24.3 Å². The summed E-state index contributed by atoms with van der Waals surface area (Å²) < 4.78 is 14.6. The number of nitrogens with zero attached hydrogens (tertiary/aromatic N) is 6. The number of halogens is 2. The Kier molecular flexibility index (Phi) is 15.9. The van der Waals surface area contributed by atoms with Crippen LogP contribution in [0.15, 0.2) is 97.5 Å². The van der Waals surface area contributed by atoms with Crippen molar-refractivity contribution in [1.29, 1.82) is 0 Å². The highest BCUT2D eigenvalue weighted by molar-refractivity contribution is 6.31. The number of pyridine rings is 1. The number of carboxylic acid groups (broad SMARTS) is 1. The van der Waals surface area contributed by atoms with Gasteiger partial charge in [-0.25, -0.2) is 4.98 Å². The number of aliphatic carboxylic acids is 1. The zero-order valence-electron chi connectivity index (χ0n) is 39.4. The number of nitrogens with one attached hydrogen (secondary N) is 2. The average molecular weight is 968 g/mol. The van der Waals surface area contributed by atoms with Gasteiger partial charge in [0.25, 0.3) is 0 Å². The van der Waals surface area contributed by atoms with Crippen molar-refractivity contribution < 1.29 is 33.8 Å². The highest BCUT2D eigenvalue weighted by atomic mass is 35.5. The summed E-state index contributed by atoms with van der Waals surface area (Å²) in [6.07, 6.45) is 6.40. The molecule has 4 atom stereocenters. The Balaban J connectivity index is 1.06. The zero-order chi connectivity index (χ0) is 48.8. The van der Waals surface area contributed by atoms with Gasteiger partial charge in [0.15, 0.2) is 0 Å². The Morgan fingerprint density at radius 1 is 0.971 bits per heavy atom. The molecule has 3 amide bonds. The van der Waals surface area contributed by atoms with Gasteiger partial charge in [-0.3, -0.25) is 29.1 Å². The lowest BCUT2D eigenvalue weighted by molar-refractivity contribution is -0.152. The van der Waals surface area contributed by atoms with Gasteiger partial charge in [-0.05, 0) is 126 Å². The summed E-state index contributed by atoms with van der Waals surface area (Å²) >= 11 is 12.7. The van der Waals surface area contributed by atoms with Crippen LogP contribution in [0.5, 0.6) is 11.5 Å². The number of piperidine rings is 1. The molecule has 3 aromatic carbocycles. The summed E-state index contributed by atoms with van der Waals surface area (Å²) in [6.45, 7) is 6.70. The first kappa shape index (κ1) is 50.0. The number of hydrogen-bond donors (Lipinski definition) is 3. The van der Waals surface area contributed by atoms with Gasteiger partial charge in [-0.1, -0.05) is 47.5 Å². The van der Waals surface area contributed by atoms with Crippen LogP contribution in [-0.4, -0.2) is 115 Å². The molecule has 5 aromatic rings. The number of amides is 3. The first-order valence-electron chi connectivity index (χ1n) is 22.8. The molecule has 360 valence electrons. The van der Waals surface area contributed by atoms with Crippen molar-refractivity contribution in [3.63, 3.8) is 0 Å². The van der Waals surface area contributed by atoms with E-state index in [1.165, 1.54) is 4.90 Å². The minimum atomic E-state index is -1.13. The van der Waals surface area contributed by atoms with Gasteiger partial charge < -0.3 is 39.6 Å². The van der Waals surface area contributed by atoms with E-state index in [-0.39, 0.29) is 44.4 Å². The molecule has 2 saturated heterocycles. The molecule has 0 aliphatic carbocycles. The van der Waals surface area contributed by atoms with Crippen molar-refractivity contribution in [1.82, 2.24) is 39.9 Å². The first-order valence-corrected chi connectivity index (χ1v) is 23.5. The van der Waals surface area contributed by atoms with Crippen LogP contribution in [0.4, 0.5) is 0 Å². The molecule has 0 radical (unpaired) electrons. The third-order valence-electron chi connectivity index (χ3n) is 12.7. The van der Waals surface area contributed by atoms with Crippen LogP contribution >= 0.6 is 23.2 Å². The number of carbonyl (C=O) groups is 4. The number of carboxylic acids is 1. The van der Waals surface area contributed by atoms with Crippen LogP contribution in [0.25, 0.3) is 11.3 Å². The van der Waals surface area contributed by atoms with Gasteiger partial charge in [-0.15, -0.1) is 0 Å². The molecule has 2 aliphatic rings. The number of carbonyl (C=O) groups excluding carboxylic acids is 3. The summed E-state index contributed by atoms with van der Waals surface area (Å²) in [4.78, 5) is 69.5. The van der Waals surface area contributed by atoms with E-state index in [2.05, 4.69) is 30.1 Å². The molecule has 68 heavy (non-hydrogen) atoms. The van der Waals surface area contributed by atoms with Crippen LogP contribution in [-0.2, 0) is 56.9 Å². The topological polar surface area (TPSA) is 171 Å². The van der Waals surface area contributed by atoms with Crippen molar-refractivity contribution >= 4 is 46.9 Å². The lowest BCUT2D eigenvalue weighted by Crippen LogP contribution is -2.65. The molecule has 17 heteroatoms. The Hall–Kier alpha value is -5.84. The van der Waals surface area contributed by atoms with Gasteiger partial charge >= 0.3 is 5.97 Å². The SMILES string of the molecule is C[C@H](NCc1ccc(Cl)cc1Oc1ccc(-c2cnc(CN(C)C)n2C)cc1)C(=O)N1[C@H](C(=O)N[C@@]2(Cc3ccc(Cl)cc3)CCCN(C(=O)[C@@H](CC(=O)O)Cc3cccnc3)C2)COC1(C)C. The van der Waals surface area contributed by atoms with E-state index in [0.29, 0.717) is 47.4 Å². The predicted molar refractivity (Wildman–Crippen MR) is 260 cm³/mol. The molecule has 2 fully saturated rings. The predicted octanol–water partition coefficient (Wildman–Crippen LogP) is 7.14. The maximum atomic E-state index is 14.7. The highest BCUT2D eigenvalue weighted by Gasteiger charge is 2.50. The third-order valence-corrected chi connectivity index (χ3v) is 13.1. The summed E-state index contributed by atoms with van der Waals surface area (Å²) in [5.41, 5.74) is 2.27. The lowest BCUT2D eigenvalue weighted by Gasteiger charge is -2.45. The highest BCUT2D eigenvalue weighted by Crippen LogP contribution is 2.34. The molecular formula is C51H60Cl2N8O7. The minimum Gasteiger partial charge on any atom is -0.481 e. The number of ether oxygens (including phenoxy) is 2. The quantitative estimate of drug-likeness (QED) is 0.0816. The van der Waals surface area contributed by atoms with Crippen LogP contribution in [0, 0.1) is 5.92 Å². The fourth-order valence-corrected chi connectivity index (χ4v) is 9.46. The van der Waals surface area contributed by atoms with Crippen molar-refractivity contribution in [3.05, 3.63) is 130 Å². The van der Waals surface area contributed by atoms with Gasteiger partial charge in [0.05, 0.1) is 49.0 Å². The minimum absolute atomic E-state index is 0.0471. The smallest absolute Gasteiger partial charge is 0.304 e. The number of likely N-dealkylation sites (tertiary alicyclic amines) is 1. The van der Waals surface area contributed by atoms with Crippen molar-refractivity contribution in [3.8, 4) is 22.8 Å². The number of imidazole rings is 1. The van der Waals surface area contributed by atoms with E-state index >= 15 is 0 Å². The molecule has 3 N–H and O–H groups in total. The summed E-state index contributed by atoms with van der Waals surface area (Å²) in [5, 5.41) is 17.5. The molecule has 0 spiro atoms. The van der Waals surface area contributed by atoms with Crippen LogP contribution in [0.2, 0.25) is 10.0 Å². The monoisotopic (exact) mass is 966 g/mol. The Labute approximate surface area is 407 Å². The van der Waals surface area contributed by atoms with E-state index < -0.39 is 41.1 Å². The van der Waals surface area contributed by atoms with E-state index in [4.69, 9.17) is 32.7 Å². The third kappa shape index (κ3) is 12.2. The maximum Gasteiger partial charge on any atom is 0.304 e. The number of rotatable bonds is 18. The first-order chi connectivity index (χ1) is 32.4. The van der Waals surface area contributed by atoms with Crippen LogP contribution in [0.1, 0.15) is 62.5 Å². The van der Waals surface area contributed by atoms with E-state index in [1.807, 2.05) is 75.9 Å². The standard InChI is InChI=1S/C51H60Cl2N8O7/c1-33(55-28-37-12-17-40(53)25-44(37)68-41-18-13-36(14-19-41)42-29-56-45(59(42)6)30-58(4)5)48(65)61-43(31-67-50(61,2)3)47(64)57-51(26-34-10-15-39(52)16-11-34)20-8-22-60(32-51)49(66)38(24-46(62)63)23-35-9-7-21-54-27-35/h7,9-19,21,25,27,29,33,38,43,55H,8,20,22-24,26,28,30-32H2,1-6H3,(H,57,64)(H,62,63)/t33-,38+,43-,51+/m0/s1. The second-order valence-corrected chi connectivity index (χ2v) is 19.5. The van der Waals surface area contributed by atoms with Gasteiger partial charge in [0, 0.05) is 60.2 Å². The van der Waals surface area contributed by atoms with E-state index in [1.54, 1.807) is 68.4 Å². The molecule has 0 saturated carbocycles. The number of aromatic nitrogens is 3. The molecule has 2 aromatic heterocycles. The van der Waals surface area contributed by atoms with Crippen molar-refractivity contribution in [2.24, 2.45) is 13.0 Å². The largest absolute Gasteiger partial charge is 0.481 e. The maximum absolute atomic E-state index is 14.7. The van der Waals surface area contributed by atoms with Gasteiger partial charge in [0.2, 0.25) is 17.7 Å². The van der Waals surface area contributed by atoms with Crippen LogP contribution in [0.3, 0.4) is 0 Å². The Morgan fingerprint density at radius 3 is 2.40 bits per heavy atom. The second-order valence-electron chi connectivity index (χ2n) is 18.6. The molecular weight excluding hydrogens is 908 g/mol. The molecule has 0 unspecified atom stereocenters. The molecule has 7 rings (SSSR count). The zero-order valence-corrected chi connectivity index (χ0v) is 40.9. The molecule has 15 nitrogen and oxygen atoms in total. The fourth-order valence-electron chi connectivity index (χ4n) is 9.18. The second kappa shape index (κ2) is 21.6. The molecule has 4 heterocycles. The number of hydrogen-bond acceptors (Lipinski definition) is 10. The molecule has 2 aliphatic heterocycles. The molecule has 0 bridgehead atoms. The Morgan fingerprint density at radius 2 is 1.71 bits per heavy atom. The van der Waals surface area contributed by atoms with Crippen LogP contribution < -0.4 is 15.4 Å². The van der Waals surface area contributed by atoms with E-state index in [0.717, 1.165) is 40.3 Å². The average Bonchev–Trinajstić information content (AvgIpc) is 3.83. The lowest BCUT2D eigenvalue weighted by atomic mass is 9.82. The summed E-state index contributed by atoms with van der Waals surface area (Å²) in [6, 6.07) is 22.2.